The highest BCUT2D eigenvalue weighted by Crippen LogP contribution is 2.41. The normalized spacial score (nSPS) is 10.9. The molecule has 162 valence electrons. The van der Waals surface area contributed by atoms with E-state index in [2.05, 4.69) is 16.9 Å². The third kappa shape index (κ3) is 3.94. The van der Waals surface area contributed by atoms with Gasteiger partial charge in [0.2, 0.25) is 5.91 Å². The van der Waals surface area contributed by atoms with Gasteiger partial charge in [0.05, 0.1) is 9.71 Å². The number of hydrogen-bond donors (Lipinski definition) is 1. The quantitative estimate of drug-likeness (QED) is 0.412. The molecule has 2 aromatic heterocycles. The van der Waals surface area contributed by atoms with E-state index in [-0.39, 0.29) is 11.5 Å². The number of anilines is 1. The Morgan fingerprint density at radius 3 is 2.56 bits per heavy atom. The number of rotatable bonds is 5. The van der Waals surface area contributed by atoms with E-state index in [0.717, 1.165) is 37.7 Å². The van der Waals surface area contributed by atoms with Gasteiger partial charge in [-0.2, -0.15) is 0 Å². The maximum Gasteiger partial charge on any atom is 0.277 e. The van der Waals surface area contributed by atoms with Crippen LogP contribution in [0, 0.1) is 20.8 Å². The number of para-hydroxylation sites is 1. The fourth-order valence-electron chi connectivity index (χ4n) is 3.59. The van der Waals surface area contributed by atoms with E-state index in [4.69, 9.17) is 4.74 Å². The Morgan fingerprint density at radius 1 is 1.16 bits per heavy atom. The number of hydrogen-bond acceptors (Lipinski definition) is 5. The Morgan fingerprint density at radius 2 is 1.88 bits per heavy atom. The van der Waals surface area contributed by atoms with Crippen molar-refractivity contribution in [3.8, 4) is 22.6 Å². The van der Waals surface area contributed by atoms with Crippen LogP contribution in [0.25, 0.3) is 21.3 Å². The first-order chi connectivity index (χ1) is 15.3. The average molecular weight is 446 g/mol. The monoisotopic (exact) mass is 445 g/mol. The molecule has 2 heterocycles. The molecule has 1 amide bonds. The van der Waals surface area contributed by atoms with E-state index < -0.39 is 0 Å². The van der Waals surface area contributed by atoms with Gasteiger partial charge in [0.1, 0.15) is 17.0 Å². The number of amides is 1. The first-order valence-electron chi connectivity index (χ1n) is 10.1. The highest BCUT2D eigenvalue weighted by Gasteiger charge is 2.19. The number of carbonyl (C=O) groups is 1. The zero-order valence-electron chi connectivity index (χ0n) is 18.4. The van der Waals surface area contributed by atoms with Gasteiger partial charge < -0.3 is 14.6 Å². The number of aromatic nitrogens is 2. The van der Waals surface area contributed by atoms with E-state index in [1.807, 2.05) is 51.1 Å². The standard InChI is InChI=1S/C25H23N3O3S/c1-6-21(29)27-17-10-11-20(31-23-14(2)8-7-9-15(23)3)18(12-17)19-13-28(5)25(30)22-24(19)32-16(4)26-22/h6-13H,1H2,2-5H3,(H,27,29). The topological polar surface area (TPSA) is 73.2 Å². The van der Waals surface area contributed by atoms with Gasteiger partial charge in [-0.15, -0.1) is 11.3 Å². The average Bonchev–Trinajstić information content (AvgIpc) is 3.16. The molecule has 0 bridgehead atoms. The molecule has 0 radical (unpaired) electrons. The fraction of sp³-hybridized carbons (Fsp3) is 0.160. The predicted octanol–water partition coefficient (Wildman–Crippen LogP) is 5.50. The Hall–Kier alpha value is -3.71. The van der Waals surface area contributed by atoms with E-state index in [1.54, 1.807) is 19.3 Å². The van der Waals surface area contributed by atoms with E-state index in [0.29, 0.717) is 17.0 Å². The van der Waals surface area contributed by atoms with Crippen molar-refractivity contribution in [1.29, 1.82) is 0 Å². The molecular formula is C25H23N3O3S. The van der Waals surface area contributed by atoms with Crippen LogP contribution in [0.5, 0.6) is 11.5 Å². The lowest BCUT2D eigenvalue weighted by molar-refractivity contribution is -0.111. The number of fused-ring (bicyclic) bond motifs is 1. The van der Waals surface area contributed by atoms with Crippen LogP contribution < -0.4 is 15.6 Å². The summed E-state index contributed by atoms with van der Waals surface area (Å²) in [6.45, 7) is 9.39. The minimum absolute atomic E-state index is 0.151. The molecule has 1 N–H and O–H groups in total. The van der Waals surface area contributed by atoms with Crippen molar-refractivity contribution in [2.75, 3.05) is 5.32 Å². The molecule has 0 fully saturated rings. The third-order valence-electron chi connectivity index (χ3n) is 5.17. The first kappa shape index (κ1) is 21.5. The number of carbonyl (C=O) groups excluding carboxylic acids is 1. The lowest BCUT2D eigenvalue weighted by atomic mass is 10.0. The summed E-state index contributed by atoms with van der Waals surface area (Å²) >= 11 is 1.46. The first-order valence-corrected chi connectivity index (χ1v) is 10.9. The summed E-state index contributed by atoms with van der Waals surface area (Å²) in [5.74, 6) is 1.08. The molecule has 7 heteroatoms. The maximum atomic E-state index is 12.6. The van der Waals surface area contributed by atoms with Gasteiger partial charge in [-0.1, -0.05) is 24.8 Å². The number of pyridine rings is 1. The highest BCUT2D eigenvalue weighted by molar-refractivity contribution is 7.19. The second-order valence-corrected chi connectivity index (χ2v) is 8.80. The van der Waals surface area contributed by atoms with Crippen LogP contribution in [0.15, 0.2) is 60.0 Å². The molecule has 0 aliphatic heterocycles. The van der Waals surface area contributed by atoms with Gasteiger partial charge in [-0.25, -0.2) is 4.98 Å². The Balaban J connectivity index is 1.97. The molecular weight excluding hydrogens is 422 g/mol. The van der Waals surface area contributed by atoms with Crippen molar-refractivity contribution in [2.45, 2.75) is 20.8 Å². The van der Waals surface area contributed by atoms with E-state index >= 15 is 0 Å². The molecule has 32 heavy (non-hydrogen) atoms. The zero-order chi connectivity index (χ0) is 23.0. The summed E-state index contributed by atoms with van der Waals surface area (Å²) in [5, 5.41) is 3.61. The maximum absolute atomic E-state index is 12.6. The van der Waals surface area contributed by atoms with Gasteiger partial charge >= 0.3 is 0 Å². The number of nitrogens with zero attached hydrogens (tertiary/aromatic N) is 2. The summed E-state index contributed by atoms with van der Waals surface area (Å²) in [6, 6.07) is 11.4. The Labute approximate surface area is 189 Å². The molecule has 0 spiro atoms. The molecule has 0 aliphatic rings. The van der Waals surface area contributed by atoms with Crippen molar-refractivity contribution >= 4 is 33.1 Å². The molecule has 0 atom stereocenters. The number of aryl methyl sites for hydroxylation is 4. The SMILES string of the molecule is C=CC(=O)Nc1ccc(Oc2c(C)cccc2C)c(-c2cn(C)c(=O)c3nc(C)sc23)c1. The van der Waals surface area contributed by atoms with Crippen molar-refractivity contribution in [2.24, 2.45) is 7.05 Å². The molecule has 0 unspecified atom stereocenters. The molecule has 0 aliphatic carbocycles. The van der Waals surface area contributed by atoms with Gasteiger partial charge in [0, 0.05) is 30.1 Å². The van der Waals surface area contributed by atoms with Crippen LogP contribution in [-0.4, -0.2) is 15.5 Å². The summed E-state index contributed by atoms with van der Waals surface area (Å²) in [4.78, 5) is 29.0. The number of benzene rings is 2. The van der Waals surface area contributed by atoms with Crippen molar-refractivity contribution < 1.29 is 9.53 Å². The molecule has 6 nitrogen and oxygen atoms in total. The summed E-state index contributed by atoms with van der Waals surface area (Å²) in [7, 11) is 1.70. The molecule has 0 saturated carbocycles. The van der Waals surface area contributed by atoms with Crippen LogP contribution in [-0.2, 0) is 11.8 Å². The van der Waals surface area contributed by atoms with E-state index in [9.17, 15) is 9.59 Å². The van der Waals surface area contributed by atoms with Gasteiger partial charge in [0.25, 0.3) is 5.56 Å². The second kappa shape index (κ2) is 8.43. The molecule has 4 rings (SSSR count). The number of nitrogens with one attached hydrogen (secondary N) is 1. The predicted molar refractivity (Wildman–Crippen MR) is 130 cm³/mol. The second-order valence-electron chi connectivity index (χ2n) is 7.60. The van der Waals surface area contributed by atoms with Crippen LogP contribution in [0.3, 0.4) is 0 Å². The van der Waals surface area contributed by atoms with Gasteiger partial charge in [0.15, 0.2) is 0 Å². The van der Waals surface area contributed by atoms with Gasteiger partial charge in [-0.05, 0) is 56.2 Å². The van der Waals surface area contributed by atoms with Crippen molar-refractivity contribution in [3.63, 3.8) is 0 Å². The van der Waals surface area contributed by atoms with E-state index in [1.165, 1.54) is 22.0 Å². The minimum atomic E-state index is -0.307. The van der Waals surface area contributed by atoms with Crippen LogP contribution >= 0.6 is 11.3 Å². The van der Waals surface area contributed by atoms with Gasteiger partial charge in [-0.3, -0.25) is 9.59 Å². The molecule has 0 saturated heterocycles. The smallest absolute Gasteiger partial charge is 0.277 e. The Bertz CT molecular complexity index is 1410. The Kier molecular flexibility index (Phi) is 5.67. The number of ether oxygens (including phenoxy) is 1. The molecule has 4 aromatic rings. The van der Waals surface area contributed by atoms with Crippen molar-refractivity contribution in [3.05, 3.63) is 81.7 Å². The van der Waals surface area contributed by atoms with Crippen LogP contribution in [0.1, 0.15) is 16.1 Å². The lowest BCUT2D eigenvalue weighted by Gasteiger charge is -2.17. The van der Waals surface area contributed by atoms with Crippen LogP contribution in [0.4, 0.5) is 5.69 Å². The zero-order valence-corrected chi connectivity index (χ0v) is 19.2. The number of thiazole rings is 1. The third-order valence-corrected chi connectivity index (χ3v) is 6.17. The molecule has 2 aromatic carbocycles. The summed E-state index contributed by atoms with van der Waals surface area (Å²) in [6.07, 6.45) is 3.01. The largest absolute Gasteiger partial charge is 0.456 e. The minimum Gasteiger partial charge on any atom is -0.456 e. The summed E-state index contributed by atoms with van der Waals surface area (Å²) in [5.41, 5.74) is 4.45. The highest BCUT2D eigenvalue weighted by atomic mass is 32.1. The van der Waals surface area contributed by atoms with Crippen LogP contribution in [0.2, 0.25) is 0 Å². The van der Waals surface area contributed by atoms with Crippen molar-refractivity contribution in [1.82, 2.24) is 9.55 Å². The lowest BCUT2D eigenvalue weighted by Crippen LogP contribution is -2.16. The summed E-state index contributed by atoms with van der Waals surface area (Å²) < 4.78 is 8.71. The fourth-order valence-corrected chi connectivity index (χ4v) is 4.53.